The molecule has 16 heteroatoms. The predicted molar refractivity (Wildman–Crippen MR) is 260 cm³/mol. The van der Waals surface area contributed by atoms with E-state index in [9.17, 15) is 4.79 Å². The first-order chi connectivity index (χ1) is 26.1. The van der Waals surface area contributed by atoms with Crippen LogP contribution in [0.15, 0.2) is 48.5 Å². The second-order valence-corrected chi connectivity index (χ2v) is 14.8. The molecule has 60 heavy (non-hydrogen) atoms. The van der Waals surface area contributed by atoms with Gasteiger partial charge in [-0.2, -0.15) is 0 Å². The van der Waals surface area contributed by atoms with Crippen molar-refractivity contribution in [2.45, 2.75) is 114 Å². The van der Waals surface area contributed by atoms with Crippen LogP contribution in [0.3, 0.4) is 0 Å². The molecule has 0 atom stereocenters. The summed E-state index contributed by atoms with van der Waals surface area (Å²) >= 11 is 0. The molecule has 0 saturated carbocycles. The number of nitrogens with two attached hydrogens (primary N) is 8. The summed E-state index contributed by atoms with van der Waals surface area (Å²) in [5, 5.41) is 3.10. The van der Waals surface area contributed by atoms with Gasteiger partial charge >= 0.3 is 0 Å². The van der Waals surface area contributed by atoms with E-state index in [1.54, 1.807) is 12.1 Å². The number of hydrogen-bond donors (Lipinski definition) is 12. The van der Waals surface area contributed by atoms with Gasteiger partial charge in [0.15, 0.2) is 0 Å². The van der Waals surface area contributed by atoms with Crippen LogP contribution in [-0.2, 0) is 28.6 Å². The van der Waals surface area contributed by atoms with Crippen LogP contribution < -0.4 is 78.7 Å². The van der Waals surface area contributed by atoms with Gasteiger partial charge in [0.25, 0.3) is 5.91 Å². The molecule has 348 valence electrons. The van der Waals surface area contributed by atoms with E-state index in [4.69, 9.17) is 48.7 Å². The fourth-order valence-corrected chi connectivity index (χ4v) is 5.34. The fraction of sp³-hybridized carbons (Fsp3) is 0.523. The molecule has 3 aromatic rings. The maximum Gasteiger partial charge on any atom is 0.259 e. The highest BCUT2D eigenvalue weighted by Gasteiger charge is 2.23. The van der Waals surface area contributed by atoms with Crippen molar-refractivity contribution in [2.75, 3.05) is 56.1 Å². The lowest BCUT2D eigenvalue weighted by molar-refractivity contribution is 0.102. The quantitative estimate of drug-likeness (QED) is 0.0202. The third kappa shape index (κ3) is 21.3. The third-order valence-electron chi connectivity index (χ3n) is 8.42. The summed E-state index contributed by atoms with van der Waals surface area (Å²) in [7, 11) is 0. The summed E-state index contributed by atoms with van der Waals surface area (Å²) in [6, 6.07) is 13.7. The molecule has 0 spiro atoms. The first-order valence-corrected chi connectivity index (χ1v) is 18.8. The number of hydrazine groups is 2. The number of allylic oxidation sites excluding steroid dienone is 1. The van der Waals surface area contributed by atoms with Gasteiger partial charge in [-0.15, -0.1) is 0 Å². The average Bonchev–Trinajstić information content (AvgIpc) is 3.15. The summed E-state index contributed by atoms with van der Waals surface area (Å²) in [5.41, 5.74) is 38.9. The SMILES string of the molecule is C.C.C.CC(C)(C)c1cc(NN)c(CCCCN)c(NC(=O)c2cc(COCN)c(OCCN)cc2OCCN)c1.CC/C=C/c1ccc(C(C)(C)C)cc1N.N.N.NN. The standard InChI is InChI=1S/C27H45N7O4.C14H21N.3CH4.H4N2.2H3N/c1-27(2,3)19-13-22(20(6-4-5-7-28)23(14-19)34-32)33-26(35)21-12-18(16-36-17-31)24(37-10-8-29)15-25(21)38-11-9-30;1-5-6-7-11-8-9-12(10-13(11)15)14(2,3)4;;;;1-2;;/h12-15,34H,4-11,16-17,28-32H2,1-3H3,(H,33,35);6-10H,5,15H2,1-4H3;3*1H4;1-2H2;2*1H3/b;7-6+;;;;;;. The van der Waals surface area contributed by atoms with Gasteiger partial charge < -0.3 is 65.9 Å². The Morgan fingerprint density at radius 2 is 1.32 bits per heavy atom. The number of rotatable bonds is 18. The number of carbonyl (C=O) groups excluding carboxylic acids is 1. The zero-order valence-corrected chi connectivity index (χ0v) is 35.6. The van der Waals surface area contributed by atoms with E-state index in [2.05, 4.69) is 101 Å². The molecule has 0 bridgehead atoms. The second kappa shape index (κ2) is 33.4. The van der Waals surface area contributed by atoms with Crippen LogP contribution in [0.25, 0.3) is 6.08 Å². The summed E-state index contributed by atoms with van der Waals surface area (Å²) in [4.78, 5) is 13.8. The molecule has 0 heterocycles. The largest absolute Gasteiger partial charge is 0.492 e. The van der Waals surface area contributed by atoms with Crippen LogP contribution in [0.5, 0.6) is 11.5 Å². The van der Waals surface area contributed by atoms with Crippen molar-refractivity contribution < 1.29 is 19.0 Å². The monoisotopic (exact) mass is 849 g/mol. The molecule has 0 saturated heterocycles. The van der Waals surface area contributed by atoms with Crippen molar-refractivity contribution >= 4 is 29.0 Å². The van der Waals surface area contributed by atoms with Gasteiger partial charge in [0.05, 0.1) is 24.6 Å². The second-order valence-electron chi connectivity index (χ2n) is 14.8. The van der Waals surface area contributed by atoms with E-state index in [0.717, 1.165) is 47.3 Å². The maximum absolute atomic E-state index is 13.8. The Morgan fingerprint density at radius 3 is 1.80 bits per heavy atom. The molecule has 0 radical (unpaired) electrons. The number of nitrogens with one attached hydrogen (secondary N) is 2. The van der Waals surface area contributed by atoms with Crippen LogP contribution in [0.2, 0.25) is 0 Å². The topological polar surface area (TPSA) is 347 Å². The number of nitrogen functional groups attached to an aromatic ring is 2. The normalized spacial score (nSPS) is 10.4. The van der Waals surface area contributed by atoms with Crippen LogP contribution in [0.1, 0.15) is 128 Å². The Balaban J connectivity index is -0.000000389. The average molecular weight is 849 g/mol. The van der Waals surface area contributed by atoms with E-state index < -0.39 is 0 Å². The van der Waals surface area contributed by atoms with Crippen LogP contribution in [0.4, 0.5) is 17.1 Å². The fourth-order valence-electron chi connectivity index (χ4n) is 5.34. The predicted octanol–water partition coefficient (Wildman–Crippen LogP) is 6.95. The Morgan fingerprint density at radius 1 is 0.750 bits per heavy atom. The smallest absolute Gasteiger partial charge is 0.259 e. The minimum atomic E-state index is -0.356. The molecule has 0 unspecified atom stereocenters. The van der Waals surface area contributed by atoms with Crippen molar-refractivity contribution in [3.8, 4) is 11.5 Å². The molecule has 0 fully saturated rings. The molecule has 0 aliphatic carbocycles. The highest BCUT2D eigenvalue weighted by Crippen LogP contribution is 2.36. The lowest BCUT2D eigenvalue weighted by Gasteiger charge is -2.24. The molecular formula is C44H88N12O4. The summed E-state index contributed by atoms with van der Waals surface area (Å²) in [5.74, 6) is 14.4. The van der Waals surface area contributed by atoms with Gasteiger partial charge in [-0.05, 0) is 84.0 Å². The van der Waals surface area contributed by atoms with Crippen molar-refractivity contribution in [1.82, 2.24) is 12.3 Å². The van der Waals surface area contributed by atoms with Gasteiger partial charge in [0, 0.05) is 41.7 Å². The number of benzene rings is 3. The summed E-state index contributed by atoms with van der Waals surface area (Å²) in [6.07, 6.45) is 7.64. The van der Waals surface area contributed by atoms with E-state index >= 15 is 0 Å². The molecular weight excluding hydrogens is 761 g/mol. The van der Waals surface area contributed by atoms with Crippen LogP contribution in [-0.4, -0.2) is 45.5 Å². The first-order valence-electron chi connectivity index (χ1n) is 18.8. The van der Waals surface area contributed by atoms with Crippen molar-refractivity contribution in [1.29, 1.82) is 0 Å². The summed E-state index contributed by atoms with van der Waals surface area (Å²) in [6.45, 7) is 16.9. The van der Waals surface area contributed by atoms with E-state index in [0.29, 0.717) is 47.8 Å². The molecule has 0 aliphatic rings. The van der Waals surface area contributed by atoms with E-state index in [-0.39, 0.29) is 84.4 Å². The Hall–Kier alpha value is -4.33. The van der Waals surface area contributed by atoms with Gasteiger partial charge in [0.1, 0.15) is 24.7 Å². The maximum atomic E-state index is 13.8. The van der Waals surface area contributed by atoms with Gasteiger partial charge in [-0.25, -0.2) is 0 Å². The van der Waals surface area contributed by atoms with Crippen LogP contribution in [0, 0.1) is 0 Å². The zero-order chi connectivity index (χ0) is 41.6. The van der Waals surface area contributed by atoms with Crippen molar-refractivity contribution in [2.24, 2.45) is 40.5 Å². The third-order valence-corrected chi connectivity index (χ3v) is 8.42. The number of carbonyl (C=O) groups is 1. The molecule has 3 rings (SSSR count). The minimum absolute atomic E-state index is 0. The van der Waals surface area contributed by atoms with Gasteiger partial charge in [0.2, 0.25) is 0 Å². The first kappa shape index (κ1) is 64.8. The lowest BCUT2D eigenvalue weighted by Crippen LogP contribution is -2.21. The minimum Gasteiger partial charge on any atom is -0.492 e. The van der Waals surface area contributed by atoms with Gasteiger partial charge in [-0.1, -0.05) is 95.0 Å². The highest BCUT2D eigenvalue weighted by molar-refractivity contribution is 6.07. The number of ether oxygens (including phenoxy) is 3. The molecule has 0 aliphatic heterocycles. The molecule has 0 aromatic heterocycles. The molecule has 24 N–H and O–H groups in total. The number of unbranched alkanes of at least 4 members (excludes halogenated alkanes) is 1. The van der Waals surface area contributed by atoms with Crippen molar-refractivity contribution in [3.05, 3.63) is 81.9 Å². The number of anilines is 3. The highest BCUT2D eigenvalue weighted by atomic mass is 16.5. The molecule has 1 amide bonds. The van der Waals surface area contributed by atoms with Gasteiger partial charge in [-0.3, -0.25) is 22.3 Å². The Labute approximate surface area is 363 Å². The Bertz CT molecular complexity index is 1620. The van der Waals surface area contributed by atoms with E-state index in [1.165, 1.54) is 5.56 Å². The van der Waals surface area contributed by atoms with Crippen LogP contribution >= 0.6 is 0 Å². The number of amides is 1. The number of hydrogen-bond acceptors (Lipinski definition) is 15. The Kier molecular flexibility index (Phi) is 36.1. The summed E-state index contributed by atoms with van der Waals surface area (Å²) < 4.78 is 17.1. The van der Waals surface area contributed by atoms with Crippen molar-refractivity contribution in [3.63, 3.8) is 0 Å². The zero-order valence-electron chi connectivity index (χ0n) is 35.6. The lowest BCUT2D eigenvalue weighted by atomic mass is 9.85. The molecule has 16 nitrogen and oxygen atoms in total. The van der Waals surface area contributed by atoms with E-state index in [1.807, 2.05) is 12.1 Å². The molecule has 3 aromatic carbocycles.